The van der Waals surface area contributed by atoms with E-state index in [9.17, 15) is 14.0 Å². The molecule has 3 amide bonds. The maximum atomic E-state index is 13.8. The van der Waals surface area contributed by atoms with Gasteiger partial charge in [0.25, 0.3) is 0 Å². The Labute approximate surface area is 138 Å². The fourth-order valence-electron chi connectivity index (χ4n) is 2.27. The van der Waals surface area contributed by atoms with E-state index in [1.807, 2.05) is 6.07 Å². The Hall–Kier alpha value is -1.96. The highest BCUT2D eigenvalue weighted by molar-refractivity contribution is 7.99. The second-order valence-corrected chi connectivity index (χ2v) is 6.00. The van der Waals surface area contributed by atoms with Gasteiger partial charge in [-0.1, -0.05) is 12.1 Å². The van der Waals surface area contributed by atoms with Gasteiger partial charge in [-0.15, -0.1) is 11.8 Å². The van der Waals surface area contributed by atoms with Crippen molar-refractivity contribution in [1.82, 2.24) is 16.0 Å². The number of alkyl carbamates (subject to hydrolysis) is 1. The third-order valence-corrected chi connectivity index (χ3v) is 4.45. The van der Waals surface area contributed by atoms with Crippen LogP contribution in [0.15, 0.2) is 23.1 Å². The zero-order valence-electron chi connectivity index (χ0n) is 12.9. The van der Waals surface area contributed by atoms with Crippen LogP contribution in [0.1, 0.15) is 24.9 Å². The van der Waals surface area contributed by atoms with Gasteiger partial charge in [0, 0.05) is 23.7 Å². The van der Waals surface area contributed by atoms with Crippen molar-refractivity contribution in [3.63, 3.8) is 0 Å². The molecule has 3 N–H and O–H groups in total. The van der Waals surface area contributed by atoms with E-state index in [1.54, 1.807) is 13.0 Å². The van der Waals surface area contributed by atoms with Crippen molar-refractivity contribution in [1.29, 1.82) is 0 Å². The largest absolute Gasteiger partial charge is 0.450 e. The van der Waals surface area contributed by atoms with E-state index in [-0.39, 0.29) is 31.0 Å². The number of halogens is 1. The van der Waals surface area contributed by atoms with Gasteiger partial charge in [0.05, 0.1) is 12.6 Å². The van der Waals surface area contributed by atoms with Crippen LogP contribution in [0.3, 0.4) is 0 Å². The minimum atomic E-state index is -0.511. The summed E-state index contributed by atoms with van der Waals surface area (Å²) in [6.07, 6.45) is 0.235. The fourth-order valence-corrected chi connectivity index (χ4v) is 3.41. The maximum Gasteiger partial charge on any atom is 0.407 e. The molecule has 126 valence electrons. The number of hydrogen-bond donors (Lipinski definition) is 3. The van der Waals surface area contributed by atoms with Crippen LogP contribution < -0.4 is 16.0 Å². The van der Waals surface area contributed by atoms with Crippen LogP contribution >= 0.6 is 11.8 Å². The van der Waals surface area contributed by atoms with Gasteiger partial charge in [0.15, 0.2) is 0 Å². The van der Waals surface area contributed by atoms with Gasteiger partial charge in [-0.2, -0.15) is 0 Å². The molecule has 1 aromatic rings. The van der Waals surface area contributed by atoms with Gasteiger partial charge in [-0.25, -0.2) is 14.0 Å². The Morgan fingerprint density at radius 3 is 2.91 bits per heavy atom. The molecule has 0 radical (unpaired) electrons. The molecule has 0 saturated carbocycles. The van der Waals surface area contributed by atoms with E-state index in [2.05, 4.69) is 16.0 Å². The van der Waals surface area contributed by atoms with Crippen molar-refractivity contribution >= 4 is 23.9 Å². The lowest BCUT2D eigenvalue weighted by molar-refractivity contribution is 0.152. The van der Waals surface area contributed by atoms with Crippen molar-refractivity contribution in [3.05, 3.63) is 29.6 Å². The third-order valence-electron chi connectivity index (χ3n) is 3.29. The number of thioether (sulfide) groups is 1. The van der Waals surface area contributed by atoms with Crippen LogP contribution in [0.2, 0.25) is 0 Å². The molecule has 1 heterocycles. The number of hydrogen-bond acceptors (Lipinski definition) is 4. The molecule has 1 aliphatic heterocycles. The number of nitrogens with one attached hydrogen (secondary N) is 3. The summed E-state index contributed by atoms with van der Waals surface area (Å²) >= 11 is 1.47. The Balaban J connectivity index is 1.79. The molecule has 0 unspecified atom stereocenters. The van der Waals surface area contributed by atoms with E-state index in [1.165, 1.54) is 17.8 Å². The minimum Gasteiger partial charge on any atom is -0.450 e. The van der Waals surface area contributed by atoms with Crippen LogP contribution in [0.25, 0.3) is 0 Å². The standard InChI is InChI=1S/C15H20FN3O3S/c1-2-22-15(21)18-8-7-17-14(20)19-12-6-9-23-13-10(12)4-3-5-11(13)16/h3-5,12H,2,6-9H2,1H3,(H,18,21)(H2,17,19,20)/t12-/m0/s1. The molecule has 1 aliphatic rings. The zero-order valence-corrected chi connectivity index (χ0v) is 13.7. The topological polar surface area (TPSA) is 79.5 Å². The Morgan fingerprint density at radius 1 is 1.35 bits per heavy atom. The minimum absolute atomic E-state index is 0.208. The van der Waals surface area contributed by atoms with Crippen LogP contribution in [-0.2, 0) is 4.74 Å². The molecule has 1 aromatic carbocycles. The summed E-state index contributed by atoms with van der Waals surface area (Å²) in [6, 6.07) is 4.35. The van der Waals surface area contributed by atoms with Crippen molar-refractivity contribution in [3.8, 4) is 0 Å². The number of benzene rings is 1. The molecule has 6 nitrogen and oxygen atoms in total. The number of carbonyl (C=O) groups is 2. The summed E-state index contributed by atoms with van der Waals surface area (Å²) in [5, 5.41) is 8.00. The van der Waals surface area contributed by atoms with Gasteiger partial charge in [0.2, 0.25) is 0 Å². The summed E-state index contributed by atoms with van der Waals surface area (Å²) in [7, 11) is 0. The summed E-state index contributed by atoms with van der Waals surface area (Å²) in [5.74, 6) is 0.501. The quantitative estimate of drug-likeness (QED) is 0.719. The predicted molar refractivity (Wildman–Crippen MR) is 86.0 cm³/mol. The van der Waals surface area contributed by atoms with Gasteiger partial charge in [-0.05, 0) is 25.0 Å². The first-order valence-electron chi connectivity index (χ1n) is 7.48. The lowest BCUT2D eigenvalue weighted by atomic mass is 10.0. The maximum absolute atomic E-state index is 13.8. The van der Waals surface area contributed by atoms with E-state index in [4.69, 9.17) is 4.74 Å². The predicted octanol–water partition coefficient (Wildman–Crippen LogP) is 2.41. The molecule has 0 aliphatic carbocycles. The first kappa shape index (κ1) is 17.4. The van der Waals surface area contributed by atoms with E-state index in [0.29, 0.717) is 11.5 Å². The highest BCUT2D eigenvalue weighted by Gasteiger charge is 2.24. The highest BCUT2D eigenvalue weighted by Crippen LogP contribution is 2.37. The molecular weight excluding hydrogens is 321 g/mol. The molecule has 0 fully saturated rings. The van der Waals surface area contributed by atoms with Crippen LogP contribution in [0, 0.1) is 5.82 Å². The number of ether oxygens (including phenoxy) is 1. The molecule has 1 atom stereocenters. The molecule has 2 rings (SSSR count). The third kappa shape index (κ3) is 5.02. The number of urea groups is 1. The van der Waals surface area contributed by atoms with Gasteiger partial charge in [0.1, 0.15) is 5.82 Å². The molecule has 23 heavy (non-hydrogen) atoms. The molecule has 0 spiro atoms. The van der Waals surface area contributed by atoms with Crippen molar-refractivity contribution < 1.29 is 18.7 Å². The number of carbonyl (C=O) groups excluding carboxylic acids is 2. The normalized spacial score (nSPS) is 16.2. The van der Waals surface area contributed by atoms with E-state index >= 15 is 0 Å². The van der Waals surface area contributed by atoms with Crippen LogP contribution in [0.4, 0.5) is 14.0 Å². The molecule has 8 heteroatoms. The SMILES string of the molecule is CCOC(=O)NCCNC(=O)N[C@H]1CCSc2c(F)cccc21. The molecule has 0 bridgehead atoms. The number of amides is 3. The zero-order chi connectivity index (χ0) is 16.7. The summed E-state index contributed by atoms with van der Waals surface area (Å²) in [5.41, 5.74) is 0.807. The van der Waals surface area contributed by atoms with Crippen molar-refractivity contribution in [2.45, 2.75) is 24.3 Å². The van der Waals surface area contributed by atoms with Gasteiger partial charge >= 0.3 is 12.1 Å². The van der Waals surface area contributed by atoms with E-state index in [0.717, 1.165) is 17.7 Å². The van der Waals surface area contributed by atoms with Gasteiger partial charge < -0.3 is 20.7 Å². The number of fused-ring (bicyclic) bond motifs is 1. The lowest BCUT2D eigenvalue weighted by Crippen LogP contribution is -2.42. The average molecular weight is 341 g/mol. The summed E-state index contributed by atoms with van der Waals surface area (Å²) in [4.78, 5) is 23.6. The second kappa shape index (κ2) is 8.61. The molecule has 0 aromatic heterocycles. The Morgan fingerprint density at radius 2 is 2.13 bits per heavy atom. The first-order chi connectivity index (χ1) is 11.1. The Kier molecular flexibility index (Phi) is 6.52. The van der Waals surface area contributed by atoms with Crippen LogP contribution in [0.5, 0.6) is 0 Å². The average Bonchev–Trinajstić information content (AvgIpc) is 2.53. The number of rotatable bonds is 5. The lowest BCUT2D eigenvalue weighted by Gasteiger charge is -2.26. The fraction of sp³-hybridized carbons (Fsp3) is 0.467. The smallest absolute Gasteiger partial charge is 0.407 e. The van der Waals surface area contributed by atoms with Crippen LogP contribution in [-0.4, -0.2) is 37.6 Å². The van der Waals surface area contributed by atoms with Gasteiger partial charge in [-0.3, -0.25) is 0 Å². The monoisotopic (exact) mass is 341 g/mol. The highest BCUT2D eigenvalue weighted by atomic mass is 32.2. The molecule has 0 saturated heterocycles. The first-order valence-corrected chi connectivity index (χ1v) is 8.46. The summed E-state index contributed by atoms with van der Waals surface area (Å²) < 4.78 is 18.5. The molecular formula is C15H20FN3O3S. The van der Waals surface area contributed by atoms with Crippen molar-refractivity contribution in [2.24, 2.45) is 0 Å². The summed E-state index contributed by atoms with van der Waals surface area (Å²) in [6.45, 7) is 2.57. The second-order valence-electron chi connectivity index (χ2n) is 4.90. The van der Waals surface area contributed by atoms with Crippen molar-refractivity contribution in [2.75, 3.05) is 25.4 Å². The Bertz CT molecular complexity index is 571. The van der Waals surface area contributed by atoms with E-state index < -0.39 is 6.09 Å².